The number of carbonyl (C=O) groups excluding carboxylic acids is 1. The molecular formula is C22H25N5O. The van der Waals surface area contributed by atoms with Crippen LogP contribution in [0, 0.1) is 6.92 Å². The van der Waals surface area contributed by atoms with Crippen molar-refractivity contribution in [2.24, 2.45) is 0 Å². The molecule has 0 spiro atoms. The van der Waals surface area contributed by atoms with Gasteiger partial charge in [0.1, 0.15) is 12.7 Å². The van der Waals surface area contributed by atoms with Crippen LogP contribution in [-0.4, -0.2) is 63.2 Å². The van der Waals surface area contributed by atoms with Crippen molar-refractivity contribution in [3.63, 3.8) is 0 Å². The molecule has 0 atom stereocenters. The number of amides is 1. The van der Waals surface area contributed by atoms with Crippen LogP contribution in [0.5, 0.6) is 0 Å². The molecule has 0 unspecified atom stereocenters. The van der Waals surface area contributed by atoms with Crippen LogP contribution in [0.15, 0.2) is 61.2 Å². The Balaban J connectivity index is 1.38. The van der Waals surface area contributed by atoms with Crippen molar-refractivity contribution in [2.45, 2.75) is 13.5 Å². The van der Waals surface area contributed by atoms with Crippen LogP contribution < -0.4 is 0 Å². The van der Waals surface area contributed by atoms with Gasteiger partial charge in [0, 0.05) is 38.3 Å². The van der Waals surface area contributed by atoms with E-state index < -0.39 is 0 Å². The van der Waals surface area contributed by atoms with Crippen LogP contribution >= 0.6 is 0 Å². The van der Waals surface area contributed by atoms with E-state index in [1.807, 2.05) is 39.9 Å². The molecule has 28 heavy (non-hydrogen) atoms. The SMILES string of the molecule is Cc1ccccc1-c1cccc(C(=O)N2CCN(CCn3cncn3)CC2)c1. The molecule has 0 aliphatic carbocycles. The predicted molar refractivity (Wildman–Crippen MR) is 109 cm³/mol. The number of nitrogens with zero attached hydrogens (tertiary/aromatic N) is 5. The minimum absolute atomic E-state index is 0.117. The highest BCUT2D eigenvalue weighted by Gasteiger charge is 2.22. The highest BCUT2D eigenvalue weighted by molar-refractivity contribution is 5.95. The molecule has 1 saturated heterocycles. The van der Waals surface area contributed by atoms with E-state index >= 15 is 0 Å². The molecular weight excluding hydrogens is 350 g/mol. The summed E-state index contributed by atoms with van der Waals surface area (Å²) in [6.07, 6.45) is 3.29. The summed E-state index contributed by atoms with van der Waals surface area (Å²) in [7, 11) is 0. The van der Waals surface area contributed by atoms with Gasteiger partial charge < -0.3 is 4.90 Å². The second-order valence-electron chi connectivity index (χ2n) is 7.19. The Bertz CT molecular complexity index is 930. The molecule has 2 aromatic carbocycles. The molecule has 3 aromatic rings. The fourth-order valence-corrected chi connectivity index (χ4v) is 3.67. The molecule has 0 N–H and O–H groups in total. The quantitative estimate of drug-likeness (QED) is 0.688. The summed E-state index contributed by atoms with van der Waals surface area (Å²) in [5.74, 6) is 0.117. The fourth-order valence-electron chi connectivity index (χ4n) is 3.67. The first-order valence-corrected chi connectivity index (χ1v) is 9.71. The van der Waals surface area contributed by atoms with Crippen molar-refractivity contribution in [1.29, 1.82) is 0 Å². The van der Waals surface area contributed by atoms with E-state index in [4.69, 9.17) is 0 Å². The smallest absolute Gasteiger partial charge is 0.253 e. The van der Waals surface area contributed by atoms with Gasteiger partial charge in [0.05, 0.1) is 6.54 Å². The molecule has 1 fully saturated rings. The Kier molecular flexibility index (Phi) is 5.48. The molecule has 2 heterocycles. The van der Waals surface area contributed by atoms with Crippen LogP contribution in [0.25, 0.3) is 11.1 Å². The molecule has 6 heteroatoms. The summed E-state index contributed by atoms with van der Waals surface area (Å²) in [5, 5.41) is 4.14. The van der Waals surface area contributed by atoms with E-state index in [-0.39, 0.29) is 5.91 Å². The Morgan fingerprint density at radius 3 is 2.57 bits per heavy atom. The van der Waals surface area contributed by atoms with E-state index in [2.05, 4.69) is 40.1 Å². The van der Waals surface area contributed by atoms with Gasteiger partial charge in [-0.05, 0) is 35.7 Å². The zero-order valence-electron chi connectivity index (χ0n) is 16.2. The van der Waals surface area contributed by atoms with Crippen molar-refractivity contribution < 1.29 is 4.79 Å². The van der Waals surface area contributed by atoms with Gasteiger partial charge in [0.25, 0.3) is 5.91 Å². The van der Waals surface area contributed by atoms with E-state index in [1.165, 1.54) is 11.1 Å². The average Bonchev–Trinajstić information content (AvgIpc) is 3.26. The highest BCUT2D eigenvalue weighted by Crippen LogP contribution is 2.24. The lowest BCUT2D eigenvalue weighted by atomic mass is 9.98. The van der Waals surface area contributed by atoms with Gasteiger partial charge in [-0.25, -0.2) is 4.98 Å². The minimum atomic E-state index is 0.117. The van der Waals surface area contributed by atoms with Crippen LogP contribution in [-0.2, 0) is 6.54 Å². The van der Waals surface area contributed by atoms with E-state index in [1.54, 1.807) is 12.7 Å². The number of hydrogen-bond donors (Lipinski definition) is 0. The maximum atomic E-state index is 13.0. The summed E-state index contributed by atoms with van der Waals surface area (Å²) < 4.78 is 1.84. The van der Waals surface area contributed by atoms with Crippen molar-refractivity contribution in [3.05, 3.63) is 72.3 Å². The van der Waals surface area contributed by atoms with Gasteiger partial charge in [0.2, 0.25) is 0 Å². The van der Waals surface area contributed by atoms with Crippen LogP contribution in [0.2, 0.25) is 0 Å². The highest BCUT2D eigenvalue weighted by atomic mass is 16.2. The molecule has 144 valence electrons. The minimum Gasteiger partial charge on any atom is -0.336 e. The Morgan fingerprint density at radius 1 is 1.00 bits per heavy atom. The number of aromatic nitrogens is 3. The second kappa shape index (κ2) is 8.35. The molecule has 0 bridgehead atoms. The third-order valence-electron chi connectivity index (χ3n) is 5.34. The lowest BCUT2D eigenvalue weighted by molar-refractivity contribution is 0.0632. The topological polar surface area (TPSA) is 54.3 Å². The molecule has 1 amide bonds. The van der Waals surface area contributed by atoms with E-state index in [0.29, 0.717) is 0 Å². The van der Waals surface area contributed by atoms with E-state index in [9.17, 15) is 4.79 Å². The van der Waals surface area contributed by atoms with Gasteiger partial charge in [0.15, 0.2) is 0 Å². The third-order valence-corrected chi connectivity index (χ3v) is 5.34. The van der Waals surface area contributed by atoms with Gasteiger partial charge in [-0.3, -0.25) is 14.4 Å². The second-order valence-corrected chi connectivity index (χ2v) is 7.19. The summed E-state index contributed by atoms with van der Waals surface area (Å²) in [6.45, 7) is 7.13. The zero-order valence-corrected chi connectivity index (χ0v) is 16.2. The van der Waals surface area contributed by atoms with E-state index in [0.717, 1.165) is 50.4 Å². The Labute approximate surface area is 165 Å². The molecule has 1 aromatic heterocycles. The average molecular weight is 375 g/mol. The van der Waals surface area contributed by atoms with Crippen molar-refractivity contribution >= 4 is 5.91 Å². The summed E-state index contributed by atoms with van der Waals surface area (Å²) >= 11 is 0. The molecule has 4 rings (SSSR count). The number of carbonyl (C=O) groups is 1. The number of benzene rings is 2. The Morgan fingerprint density at radius 2 is 1.82 bits per heavy atom. The maximum absolute atomic E-state index is 13.0. The van der Waals surface area contributed by atoms with Gasteiger partial charge in [-0.1, -0.05) is 36.4 Å². The lowest BCUT2D eigenvalue weighted by Crippen LogP contribution is -2.49. The van der Waals surface area contributed by atoms with Crippen molar-refractivity contribution in [3.8, 4) is 11.1 Å². The molecule has 1 aliphatic heterocycles. The maximum Gasteiger partial charge on any atom is 0.253 e. The first-order valence-electron chi connectivity index (χ1n) is 9.71. The number of hydrogen-bond acceptors (Lipinski definition) is 4. The molecule has 0 saturated carbocycles. The van der Waals surface area contributed by atoms with Gasteiger partial charge in [-0.2, -0.15) is 5.10 Å². The molecule has 6 nitrogen and oxygen atoms in total. The van der Waals surface area contributed by atoms with Crippen molar-refractivity contribution in [1.82, 2.24) is 24.6 Å². The monoisotopic (exact) mass is 375 g/mol. The number of rotatable bonds is 5. The zero-order chi connectivity index (χ0) is 19.3. The predicted octanol–water partition coefficient (Wildman–Crippen LogP) is 2.71. The standard InChI is InChI=1S/C22H25N5O/c1-18-5-2-3-8-21(18)19-6-4-7-20(15-19)22(28)26-12-9-25(10-13-26)11-14-27-17-23-16-24-27/h2-8,15-17H,9-14H2,1H3. The first-order chi connectivity index (χ1) is 13.7. The summed E-state index contributed by atoms with van der Waals surface area (Å²) in [5.41, 5.74) is 4.25. The van der Waals surface area contributed by atoms with Crippen molar-refractivity contribution in [2.75, 3.05) is 32.7 Å². The number of aryl methyl sites for hydroxylation is 1. The van der Waals surface area contributed by atoms with Crippen LogP contribution in [0.4, 0.5) is 0 Å². The normalized spacial score (nSPS) is 15.0. The largest absolute Gasteiger partial charge is 0.336 e. The molecule has 0 radical (unpaired) electrons. The summed E-state index contributed by atoms with van der Waals surface area (Å²) in [4.78, 5) is 21.3. The molecule has 1 aliphatic rings. The van der Waals surface area contributed by atoms with Gasteiger partial charge in [-0.15, -0.1) is 0 Å². The Hall–Kier alpha value is -2.99. The summed E-state index contributed by atoms with van der Waals surface area (Å²) in [6, 6.07) is 16.3. The fraction of sp³-hybridized carbons (Fsp3) is 0.318. The van der Waals surface area contributed by atoms with Crippen LogP contribution in [0.1, 0.15) is 15.9 Å². The third kappa shape index (κ3) is 4.12. The van der Waals surface area contributed by atoms with Crippen LogP contribution in [0.3, 0.4) is 0 Å². The lowest BCUT2D eigenvalue weighted by Gasteiger charge is -2.34. The number of piperazine rings is 1. The first kappa shape index (κ1) is 18.4. The van der Waals surface area contributed by atoms with Gasteiger partial charge >= 0.3 is 0 Å².